The summed E-state index contributed by atoms with van der Waals surface area (Å²) in [6.07, 6.45) is -2.38. The Bertz CT molecular complexity index is 868. The number of aromatic nitrogens is 2. The van der Waals surface area contributed by atoms with Crippen LogP contribution in [0.1, 0.15) is 53.6 Å². The van der Waals surface area contributed by atoms with Gasteiger partial charge in [-0.25, -0.2) is 4.98 Å². The highest BCUT2D eigenvalue weighted by Gasteiger charge is 2.28. The number of ketones is 1. The summed E-state index contributed by atoms with van der Waals surface area (Å²) < 4.78 is 41.2. The number of halogens is 3. The lowest BCUT2D eigenvalue weighted by molar-refractivity contribution is -0.154. The summed E-state index contributed by atoms with van der Waals surface area (Å²) in [6.45, 7) is 3.63. The van der Waals surface area contributed by atoms with E-state index in [2.05, 4.69) is 20.0 Å². The highest BCUT2D eigenvalue weighted by molar-refractivity contribution is 5.94. The molecule has 1 atom stereocenters. The van der Waals surface area contributed by atoms with Crippen LogP contribution in [0.2, 0.25) is 0 Å². The molecule has 0 saturated carbocycles. The number of carbonyl (C=O) groups excluding carboxylic acids is 2. The van der Waals surface area contributed by atoms with Crippen molar-refractivity contribution in [3.8, 4) is 5.88 Å². The summed E-state index contributed by atoms with van der Waals surface area (Å²) in [4.78, 5) is 32.1. The molecule has 6 nitrogen and oxygen atoms in total. The van der Waals surface area contributed by atoms with Crippen LogP contribution in [0.15, 0.2) is 30.5 Å². The predicted octanol–water partition coefficient (Wildman–Crippen LogP) is 3.74. The predicted molar refractivity (Wildman–Crippen MR) is 99.6 cm³/mol. The van der Waals surface area contributed by atoms with Gasteiger partial charge in [0.15, 0.2) is 6.61 Å². The second kappa shape index (κ2) is 9.49. The zero-order valence-corrected chi connectivity index (χ0v) is 16.3. The molecule has 1 unspecified atom stereocenters. The summed E-state index contributed by atoms with van der Waals surface area (Å²) in [7, 11) is 0. The topological polar surface area (TPSA) is 81.2 Å². The molecule has 0 aliphatic carbocycles. The van der Waals surface area contributed by atoms with Crippen LogP contribution in [0.4, 0.5) is 13.2 Å². The van der Waals surface area contributed by atoms with Gasteiger partial charge in [0.25, 0.3) is 5.91 Å². The van der Waals surface area contributed by atoms with Crippen molar-refractivity contribution in [3.05, 3.63) is 53.0 Å². The number of nitrogens with zero attached hydrogens (tertiary/aromatic N) is 2. The van der Waals surface area contributed by atoms with Crippen molar-refractivity contribution >= 4 is 11.7 Å². The number of rotatable bonds is 8. The van der Waals surface area contributed by atoms with E-state index in [-0.39, 0.29) is 24.0 Å². The number of Topliss-reactive ketones (excluding diaryl/α,β-unsaturated/α-hetero) is 1. The Balaban J connectivity index is 2.10. The molecule has 0 radical (unpaired) electrons. The van der Waals surface area contributed by atoms with Crippen molar-refractivity contribution in [1.29, 1.82) is 0 Å². The third-order valence-corrected chi connectivity index (χ3v) is 3.96. The quantitative estimate of drug-likeness (QED) is 0.718. The van der Waals surface area contributed by atoms with Crippen molar-refractivity contribution < 1.29 is 27.5 Å². The van der Waals surface area contributed by atoms with Crippen LogP contribution in [-0.4, -0.2) is 34.4 Å². The minimum atomic E-state index is -4.44. The van der Waals surface area contributed by atoms with E-state index >= 15 is 0 Å². The number of nitrogens with one attached hydrogen (secondary N) is 1. The van der Waals surface area contributed by atoms with Crippen molar-refractivity contribution in [1.82, 2.24) is 15.3 Å². The van der Waals surface area contributed by atoms with Crippen molar-refractivity contribution in [2.45, 2.75) is 45.8 Å². The first-order valence-electron chi connectivity index (χ1n) is 9.00. The van der Waals surface area contributed by atoms with E-state index in [0.29, 0.717) is 28.9 Å². The highest BCUT2D eigenvalue weighted by Crippen LogP contribution is 2.21. The van der Waals surface area contributed by atoms with Crippen LogP contribution in [-0.2, 0) is 11.2 Å². The molecule has 1 N–H and O–H groups in total. The van der Waals surface area contributed by atoms with Gasteiger partial charge in [-0.3, -0.25) is 14.6 Å². The Morgan fingerprint density at radius 1 is 1.24 bits per heavy atom. The van der Waals surface area contributed by atoms with Crippen LogP contribution in [0.3, 0.4) is 0 Å². The lowest BCUT2D eigenvalue weighted by atomic mass is 10.1. The van der Waals surface area contributed by atoms with Crippen molar-refractivity contribution in [3.63, 3.8) is 0 Å². The van der Waals surface area contributed by atoms with Gasteiger partial charge in [0, 0.05) is 35.6 Å². The molecule has 1 amide bonds. The molecule has 0 aromatic carbocycles. The fourth-order valence-corrected chi connectivity index (χ4v) is 2.72. The molecular formula is C20H22F3N3O3. The second-order valence-electron chi connectivity index (χ2n) is 6.64. The fraction of sp³-hybridized carbons (Fsp3) is 0.400. The van der Waals surface area contributed by atoms with Crippen LogP contribution in [0.5, 0.6) is 5.88 Å². The number of hydrogen-bond acceptors (Lipinski definition) is 5. The summed E-state index contributed by atoms with van der Waals surface area (Å²) >= 11 is 0. The number of carbonyl (C=O) groups is 2. The van der Waals surface area contributed by atoms with Gasteiger partial charge in [-0.05, 0) is 38.0 Å². The molecule has 2 aromatic heterocycles. The molecular weight excluding hydrogens is 387 g/mol. The second-order valence-corrected chi connectivity index (χ2v) is 6.64. The Labute approximate surface area is 166 Å². The van der Waals surface area contributed by atoms with Crippen LogP contribution < -0.4 is 10.1 Å². The summed E-state index contributed by atoms with van der Waals surface area (Å²) in [5.74, 6) is -0.546. The zero-order chi connectivity index (χ0) is 21.6. The average Bonchev–Trinajstić information content (AvgIpc) is 2.63. The average molecular weight is 409 g/mol. The first-order chi connectivity index (χ1) is 13.6. The van der Waals surface area contributed by atoms with E-state index in [1.165, 1.54) is 19.2 Å². The number of amides is 1. The van der Waals surface area contributed by atoms with Gasteiger partial charge < -0.3 is 10.1 Å². The number of aryl methyl sites for hydroxylation is 1. The monoisotopic (exact) mass is 409 g/mol. The molecule has 0 saturated heterocycles. The number of pyridine rings is 2. The van der Waals surface area contributed by atoms with E-state index in [4.69, 9.17) is 0 Å². The fourth-order valence-electron chi connectivity index (χ4n) is 2.72. The lowest BCUT2D eigenvalue weighted by Gasteiger charge is -2.18. The molecule has 0 aliphatic heterocycles. The normalized spacial score (nSPS) is 12.3. The van der Waals surface area contributed by atoms with Crippen molar-refractivity contribution in [2.75, 3.05) is 6.61 Å². The minimum absolute atomic E-state index is 0.0557. The molecule has 2 heterocycles. The third-order valence-electron chi connectivity index (χ3n) is 3.96. The SMILES string of the molecule is CCC(NC(=O)c1cc(C)nc(CC(C)=O)c1)c1ccc(OCC(F)(F)F)nc1. The zero-order valence-electron chi connectivity index (χ0n) is 16.3. The van der Waals surface area contributed by atoms with Gasteiger partial charge >= 0.3 is 6.18 Å². The first kappa shape index (κ1) is 22.3. The minimum Gasteiger partial charge on any atom is -0.468 e. The summed E-state index contributed by atoms with van der Waals surface area (Å²) in [6, 6.07) is 5.70. The molecule has 0 bridgehead atoms. The van der Waals surface area contributed by atoms with E-state index in [0.717, 1.165) is 0 Å². The molecule has 2 rings (SSSR count). The first-order valence-corrected chi connectivity index (χ1v) is 9.00. The van der Waals surface area contributed by atoms with E-state index in [1.54, 1.807) is 25.1 Å². The maximum atomic E-state index is 12.7. The van der Waals surface area contributed by atoms with Gasteiger partial charge in [-0.15, -0.1) is 0 Å². The van der Waals surface area contributed by atoms with Gasteiger partial charge in [0.1, 0.15) is 5.78 Å². The summed E-state index contributed by atoms with van der Waals surface area (Å²) in [5.41, 5.74) is 2.15. The number of ether oxygens (including phenoxy) is 1. The van der Waals surface area contributed by atoms with E-state index in [1.807, 2.05) is 6.92 Å². The van der Waals surface area contributed by atoms with Gasteiger partial charge in [-0.2, -0.15) is 13.2 Å². The molecule has 0 fully saturated rings. The molecule has 0 aliphatic rings. The summed E-state index contributed by atoms with van der Waals surface area (Å²) in [5, 5.41) is 2.87. The molecule has 29 heavy (non-hydrogen) atoms. The number of alkyl halides is 3. The standard InChI is InChI=1S/C20H22F3N3O3/c1-4-17(14-5-6-18(24-10-14)29-11-20(21,22)23)26-19(28)15-7-12(2)25-16(9-15)8-13(3)27/h5-7,9-10,17H,4,8,11H2,1-3H3,(H,26,28). The van der Waals surface area contributed by atoms with E-state index < -0.39 is 18.8 Å². The molecule has 2 aromatic rings. The van der Waals surface area contributed by atoms with Crippen LogP contribution in [0, 0.1) is 6.92 Å². The maximum absolute atomic E-state index is 12.7. The largest absolute Gasteiger partial charge is 0.468 e. The Kier molecular flexibility index (Phi) is 7.30. The van der Waals surface area contributed by atoms with E-state index in [9.17, 15) is 22.8 Å². The van der Waals surface area contributed by atoms with Gasteiger partial charge in [0.05, 0.1) is 6.04 Å². The Morgan fingerprint density at radius 3 is 2.52 bits per heavy atom. The Morgan fingerprint density at radius 2 is 1.97 bits per heavy atom. The highest BCUT2D eigenvalue weighted by atomic mass is 19.4. The number of hydrogen-bond donors (Lipinski definition) is 1. The molecule has 9 heteroatoms. The molecule has 156 valence electrons. The maximum Gasteiger partial charge on any atom is 0.422 e. The Hall–Kier alpha value is -2.97. The van der Waals surface area contributed by atoms with Crippen LogP contribution >= 0.6 is 0 Å². The van der Waals surface area contributed by atoms with Crippen LogP contribution in [0.25, 0.3) is 0 Å². The molecule has 0 spiro atoms. The third kappa shape index (κ3) is 7.17. The smallest absolute Gasteiger partial charge is 0.422 e. The van der Waals surface area contributed by atoms with Gasteiger partial charge in [-0.1, -0.05) is 13.0 Å². The van der Waals surface area contributed by atoms with Crippen molar-refractivity contribution in [2.24, 2.45) is 0 Å². The lowest BCUT2D eigenvalue weighted by Crippen LogP contribution is -2.28. The van der Waals surface area contributed by atoms with Gasteiger partial charge in [0.2, 0.25) is 5.88 Å².